The molecular weight excluding hydrogens is 199 g/mol. The molecule has 4 heteroatoms. The fourth-order valence-electron chi connectivity index (χ4n) is 0.928. The Morgan fingerprint density at radius 2 is 2.31 bits per heavy atom. The summed E-state index contributed by atoms with van der Waals surface area (Å²) in [5.41, 5.74) is 7.21. The van der Waals surface area contributed by atoms with Crippen molar-refractivity contribution in [2.24, 2.45) is 5.73 Å². The Morgan fingerprint density at radius 3 is 2.92 bits per heavy atom. The lowest BCUT2D eigenvalue weighted by Gasteiger charge is -2.00. The van der Waals surface area contributed by atoms with Gasteiger partial charge in [0.2, 0.25) is 0 Å². The van der Waals surface area contributed by atoms with Gasteiger partial charge in [0, 0.05) is 24.6 Å². The van der Waals surface area contributed by atoms with Crippen LogP contribution >= 0.6 is 7.36 Å². The molecule has 0 aromatic heterocycles. The third-order valence-corrected chi connectivity index (χ3v) is 2.67. The predicted octanol–water partition coefficient (Wildman–Crippen LogP) is 1.67. The Balaban J connectivity index is 3.08. The van der Waals surface area contributed by atoms with E-state index in [4.69, 9.17) is 22.9 Å². The Morgan fingerprint density at radius 1 is 1.54 bits per heavy atom. The van der Waals surface area contributed by atoms with Crippen molar-refractivity contribution in [1.29, 1.82) is 5.41 Å². The van der Waals surface area contributed by atoms with Crippen molar-refractivity contribution in [3.8, 4) is 0 Å². The SMILES string of the molecule is N=C/C=C(\N)c1cccc(P=S)c1. The third kappa shape index (κ3) is 2.72. The first-order valence-corrected chi connectivity index (χ1v) is 5.58. The van der Waals surface area contributed by atoms with Crippen LogP contribution in [0.25, 0.3) is 5.70 Å². The first kappa shape index (κ1) is 10.0. The monoisotopic (exact) mass is 208 g/mol. The summed E-state index contributed by atoms with van der Waals surface area (Å²) in [6, 6.07) is 7.70. The molecule has 2 nitrogen and oxygen atoms in total. The second-order valence-electron chi connectivity index (χ2n) is 2.43. The number of rotatable bonds is 3. The van der Waals surface area contributed by atoms with Gasteiger partial charge in [-0.15, -0.1) is 0 Å². The van der Waals surface area contributed by atoms with Gasteiger partial charge in [-0.05, 0) is 23.8 Å². The van der Waals surface area contributed by atoms with Crippen molar-refractivity contribution in [2.75, 3.05) is 0 Å². The lowest BCUT2D eigenvalue weighted by atomic mass is 10.1. The normalized spacial score (nSPS) is 11.5. The van der Waals surface area contributed by atoms with Crippen LogP contribution in [0.15, 0.2) is 30.3 Å². The third-order valence-electron chi connectivity index (χ3n) is 1.55. The van der Waals surface area contributed by atoms with E-state index in [1.807, 2.05) is 24.3 Å². The minimum Gasteiger partial charge on any atom is -0.398 e. The van der Waals surface area contributed by atoms with Crippen molar-refractivity contribution in [1.82, 2.24) is 0 Å². The van der Waals surface area contributed by atoms with Crippen molar-refractivity contribution in [3.05, 3.63) is 35.9 Å². The van der Waals surface area contributed by atoms with E-state index < -0.39 is 0 Å². The van der Waals surface area contributed by atoms with E-state index in [2.05, 4.69) is 0 Å². The minimum atomic E-state index is 0.593. The van der Waals surface area contributed by atoms with E-state index in [0.29, 0.717) is 5.70 Å². The summed E-state index contributed by atoms with van der Waals surface area (Å²) >= 11 is 4.90. The highest BCUT2D eigenvalue weighted by Crippen LogP contribution is 2.08. The molecule has 0 heterocycles. The molecule has 0 fully saturated rings. The van der Waals surface area contributed by atoms with Crippen LogP contribution in [-0.4, -0.2) is 6.21 Å². The molecule has 0 saturated heterocycles. The molecule has 0 saturated carbocycles. The van der Waals surface area contributed by atoms with Crippen LogP contribution in [0.5, 0.6) is 0 Å². The Labute approximate surface area is 83.8 Å². The highest BCUT2D eigenvalue weighted by Gasteiger charge is 1.95. The van der Waals surface area contributed by atoms with Crippen LogP contribution < -0.4 is 11.0 Å². The zero-order valence-electron chi connectivity index (χ0n) is 6.90. The second-order valence-corrected chi connectivity index (χ2v) is 3.68. The number of nitrogens with one attached hydrogen (secondary N) is 1. The quantitative estimate of drug-likeness (QED) is 0.586. The molecule has 1 aromatic carbocycles. The first-order valence-electron chi connectivity index (χ1n) is 3.68. The molecule has 0 unspecified atom stereocenters. The lowest BCUT2D eigenvalue weighted by molar-refractivity contribution is 1.52. The summed E-state index contributed by atoms with van der Waals surface area (Å²) in [6.45, 7) is 0. The molecule has 0 aliphatic heterocycles. The van der Waals surface area contributed by atoms with Gasteiger partial charge in [0.25, 0.3) is 0 Å². The fourth-order valence-corrected chi connectivity index (χ4v) is 1.61. The fraction of sp³-hybridized carbons (Fsp3) is 0. The van der Waals surface area contributed by atoms with E-state index in [9.17, 15) is 0 Å². The Kier molecular flexibility index (Phi) is 3.74. The molecule has 3 N–H and O–H groups in total. The van der Waals surface area contributed by atoms with Crippen LogP contribution in [-0.2, 0) is 11.8 Å². The van der Waals surface area contributed by atoms with Crippen LogP contribution in [0.3, 0.4) is 0 Å². The number of hydrogen-bond donors (Lipinski definition) is 2. The first-order chi connectivity index (χ1) is 6.27. The summed E-state index contributed by atoms with van der Waals surface area (Å²) in [4.78, 5) is 0. The summed E-state index contributed by atoms with van der Waals surface area (Å²) in [5.74, 6) is 0. The van der Waals surface area contributed by atoms with Crippen molar-refractivity contribution in [2.45, 2.75) is 0 Å². The van der Waals surface area contributed by atoms with Crippen molar-refractivity contribution < 1.29 is 0 Å². The predicted molar refractivity (Wildman–Crippen MR) is 61.3 cm³/mol. The molecule has 66 valence electrons. The molecule has 0 atom stereocenters. The van der Waals surface area contributed by atoms with Gasteiger partial charge in [-0.3, -0.25) is 0 Å². The van der Waals surface area contributed by atoms with Crippen LogP contribution in [0.2, 0.25) is 0 Å². The van der Waals surface area contributed by atoms with Crippen LogP contribution in [0, 0.1) is 5.41 Å². The van der Waals surface area contributed by atoms with Crippen LogP contribution in [0.4, 0.5) is 0 Å². The highest BCUT2D eigenvalue weighted by molar-refractivity contribution is 7.99. The zero-order chi connectivity index (χ0) is 9.68. The standard InChI is InChI=1S/C9H9N2PS/c10-5-4-9(11)7-2-1-3-8(6-7)12-13/h1-6,10H,11H2/b9-4-,10-5?. The summed E-state index contributed by atoms with van der Waals surface area (Å²) in [7, 11) is 0.813. The molecule has 0 aliphatic rings. The van der Waals surface area contributed by atoms with Crippen LogP contribution in [0.1, 0.15) is 5.56 Å². The van der Waals surface area contributed by atoms with Gasteiger partial charge in [0.05, 0.1) is 0 Å². The lowest BCUT2D eigenvalue weighted by Crippen LogP contribution is -2.00. The Hall–Kier alpha value is -1.05. The van der Waals surface area contributed by atoms with E-state index in [0.717, 1.165) is 18.2 Å². The molecule has 0 spiro atoms. The maximum atomic E-state index is 6.88. The summed E-state index contributed by atoms with van der Waals surface area (Å²) in [6.07, 6.45) is 2.73. The maximum Gasteiger partial charge on any atom is 0.0403 e. The molecule has 0 amide bonds. The van der Waals surface area contributed by atoms with E-state index in [-0.39, 0.29) is 0 Å². The number of allylic oxidation sites excluding steroid dienone is 1. The highest BCUT2D eigenvalue weighted by atomic mass is 32.4. The molecular formula is C9H9N2PS. The number of nitrogens with two attached hydrogens (primary N) is 1. The molecule has 0 radical (unpaired) electrons. The summed E-state index contributed by atoms with van der Waals surface area (Å²) in [5, 5.41) is 7.93. The van der Waals surface area contributed by atoms with Gasteiger partial charge in [0.1, 0.15) is 0 Å². The molecule has 0 bridgehead atoms. The average molecular weight is 208 g/mol. The number of benzene rings is 1. The molecule has 1 rings (SSSR count). The number of hydrogen-bond acceptors (Lipinski definition) is 3. The largest absolute Gasteiger partial charge is 0.398 e. The van der Waals surface area contributed by atoms with Gasteiger partial charge in [-0.25, -0.2) is 0 Å². The van der Waals surface area contributed by atoms with Crippen molar-refractivity contribution in [3.63, 3.8) is 0 Å². The van der Waals surface area contributed by atoms with Crippen molar-refractivity contribution >= 4 is 36.4 Å². The average Bonchev–Trinajstić information content (AvgIpc) is 2.18. The smallest absolute Gasteiger partial charge is 0.0403 e. The zero-order valence-corrected chi connectivity index (χ0v) is 8.61. The van der Waals surface area contributed by atoms with Gasteiger partial charge in [0.15, 0.2) is 0 Å². The molecule has 13 heavy (non-hydrogen) atoms. The molecule has 0 aliphatic carbocycles. The van der Waals surface area contributed by atoms with E-state index in [1.54, 1.807) is 6.08 Å². The van der Waals surface area contributed by atoms with E-state index >= 15 is 0 Å². The molecule has 1 aromatic rings. The minimum absolute atomic E-state index is 0.593. The van der Waals surface area contributed by atoms with Gasteiger partial charge in [-0.2, -0.15) is 0 Å². The van der Waals surface area contributed by atoms with E-state index in [1.165, 1.54) is 6.21 Å². The topological polar surface area (TPSA) is 49.9 Å². The summed E-state index contributed by atoms with van der Waals surface area (Å²) < 4.78 is 0. The van der Waals surface area contributed by atoms with Gasteiger partial charge >= 0.3 is 0 Å². The maximum absolute atomic E-state index is 6.88. The second kappa shape index (κ2) is 4.85. The van der Waals surface area contributed by atoms with Gasteiger partial charge < -0.3 is 11.1 Å². The van der Waals surface area contributed by atoms with Gasteiger partial charge in [-0.1, -0.05) is 23.9 Å². The Bertz CT molecular complexity index is 360.